The highest BCUT2D eigenvalue weighted by atomic mass is 16.5. The molecule has 0 spiro atoms. The van der Waals surface area contributed by atoms with Gasteiger partial charge in [-0.3, -0.25) is 14.4 Å². The summed E-state index contributed by atoms with van der Waals surface area (Å²) in [4.78, 5) is 15.0. The van der Waals surface area contributed by atoms with Gasteiger partial charge in [-0.1, -0.05) is 0 Å². The van der Waals surface area contributed by atoms with Crippen LogP contribution in [-0.2, 0) is 9.53 Å². The van der Waals surface area contributed by atoms with Crippen LogP contribution in [0, 0.1) is 13.8 Å². The Kier molecular flexibility index (Phi) is 5.71. The van der Waals surface area contributed by atoms with E-state index >= 15 is 0 Å². The number of aryl methyl sites for hydroxylation is 2. The Balaban J connectivity index is 1.95. The molecule has 136 valence electrons. The molecule has 1 aliphatic heterocycles. The Hall–Kier alpha value is -1.40. The van der Waals surface area contributed by atoms with Crippen LogP contribution >= 0.6 is 0 Å². The predicted molar refractivity (Wildman–Crippen MR) is 95.1 cm³/mol. The average Bonchev–Trinajstić information content (AvgIpc) is 2.81. The summed E-state index contributed by atoms with van der Waals surface area (Å²) in [6, 6.07) is 1.68. The van der Waals surface area contributed by atoms with Crippen LogP contribution in [0.3, 0.4) is 0 Å². The fourth-order valence-electron chi connectivity index (χ4n) is 3.38. The molecule has 0 aliphatic carbocycles. The zero-order chi connectivity index (χ0) is 18.1. The summed E-state index contributed by atoms with van der Waals surface area (Å²) in [5.74, 6) is 0.00336. The molecule has 0 aromatic carbocycles. The number of nitrogens with one attached hydrogen (secondary N) is 1. The zero-order valence-corrected chi connectivity index (χ0v) is 16.1. The average molecular weight is 336 g/mol. The smallest absolute Gasteiger partial charge is 0.244 e. The van der Waals surface area contributed by atoms with Crippen LogP contribution in [0.15, 0.2) is 6.07 Å². The third-order valence-electron chi connectivity index (χ3n) is 4.76. The third kappa shape index (κ3) is 4.36. The Morgan fingerprint density at radius 3 is 2.46 bits per heavy atom. The maximum Gasteiger partial charge on any atom is 0.244 e. The van der Waals surface area contributed by atoms with Crippen LogP contribution in [0.1, 0.15) is 52.0 Å². The van der Waals surface area contributed by atoms with Gasteiger partial charge in [-0.2, -0.15) is 5.10 Å². The number of rotatable bonds is 5. The second-order valence-corrected chi connectivity index (χ2v) is 7.74. The van der Waals surface area contributed by atoms with Crippen molar-refractivity contribution in [3.8, 4) is 0 Å². The summed E-state index contributed by atoms with van der Waals surface area (Å²) in [6.45, 7) is 16.7. The lowest BCUT2D eigenvalue weighted by Crippen LogP contribution is -2.59. The van der Waals surface area contributed by atoms with Crippen molar-refractivity contribution in [1.82, 2.24) is 20.0 Å². The number of hydrogen-bond acceptors (Lipinski definition) is 4. The SMILES string of the molecule is Cc1cc(C)n(C(C)C(=O)NCC(C)(C)N2CC(C)OC(C)C2)n1. The molecule has 0 bridgehead atoms. The van der Waals surface area contributed by atoms with Crippen LogP contribution in [-0.4, -0.2) is 58.0 Å². The van der Waals surface area contributed by atoms with E-state index in [1.165, 1.54) is 0 Å². The monoisotopic (exact) mass is 336 g/mol. The molecule has 1 N–H and O–H groups in total. The van der Waals surface area contributed by atoms with Gasteiger partial charge in [0.25, 0.3) is 0 Å². The Labute approximate surface area is 145 Å². The van der Waals surface area contributed by atoms with E-state index in [0.29, 0.717) is 6.54 Å². The van der Waals surface area contributed by atoms with Gasteiger partial charge >= 0.3 is 0 Å². The molecule has 2 heterocycles. The van der Waals surface area contributed by atoms with E-state index in [1.807, 2.05) is 26.8 Å². The van der Waals surface area contributed by atoms with Gasteiger partial charge in [-0.05, 0) is 54.5 Å². The molecule has 1 aromatic rings. The minimum atomic E-state index is -0.308. The second-order valence-electron chi connectivity index (χ2n) is 7.74. The van der Waals surface area contributed by atoms with Gasteiger partial charge in [0.2, 0.25) is 5.91 Å². The van der Waals surface area contributed by atoms with E-state index < -0.39 is 0 Å². The Morgan fingerprint density at radius 1 is 1.38 bits per heavy atom. The van der Waals surface area contributed by atoms with Gasteiger partial charge in [0.1, 0.15) is 6.04 Å². The molecule has 1 fully saturated rings. The molecule has 24 heavy (non-hydrogen) atoms. The summed E-state index contributed by atoms with van der Waals surface area (Å²) in [7, 11) is 0. The van der Waals surface area contributed by atoms with Gasteiger partial charge in [0.05, 0.1) is 17.9 Å². The standard InChI is InChI=1S/C18H32N4O2/c1-12-8-13(2)22(20-12)16(5)17(23)19-11-18(6,7)21-9-14(3)24-15(4)10-21/h8,14-16H,9-11H2,1-7H3,(H,19,23). The van der Waals surface area contributed by atoms with Crippen molar-refractivity contribution in [2.75, 3.05) is 19.6 Å². The molecular weight excluding hydrogens is 304 g/mol. The highest BCUT2D eigenvalue weighted by Gasteiger charge is 2.33. The van der Waals surface area contributed by atoms with Crippen molar-refractivity contribution < 1.29 is 9.53 Å². The van der Waals surface area contributed by atoms with E-state index in [-0.39, 0.29) is 29.7 Å². The van der Waals surface area contributed by atoms with Gasteiger partial charge in [-0.15, -0.1) is 0 Å². The van der Waals surface area contributed by atoms with E-state index in [4.69, 9.17) is 4.74 Å². The molecule has 2 rings (SSSR count). The van der Waals surface area contributed by atoms with Gasteiger partial charge < -0.3 is 10.1 Å². The lowest BCUT2D eigenvalue weighted by atomic mass is 10.00. The maximum absolute atomic E-state index is 12.5. The molecule has 1 amide bonds. The normalized spacial score (nSPS) is 24.0. The van der Waals surface area contributed by atoms with E-state index in [0.717, 1.165) is 24.5 Å². The fourth-order valence-corrected chi connectivity index (χ4v) is 3.38. The maximum atomic E-state index is 12.5. The van der Waals surface area contributed by atoms with Gasteiger partial charge in [-0.25, -0.2) is 0 Å². The lowest BCUT2D eigenvalue weighted by molar-refractivity contribution is -0.125. The number of carbonyl (C=O) groups is 1. The van der Waals surface area contributed by atoms with E-state index in [9.17, 15) is 4.79 Å². The molecule has 0 saturated carbocycles. The quantitative estimate of drug-likeness (QED) is 0.894. The van der Waals surface area contributed by atoms with Crippen molar-refractivity contribution in [2.45, 2.75) is 72.3 Å². The minimum absolute atomic E-state index is 0.00336. The van der Waals surface area contributed by atoms with Crippen molar-refractivity contribution in [2.24, 2.45) is 0 Å². The summed E-state index contributed by atoms with van der Waals surface area (Å²) < 4.78 is 7.60. The topological polar surface area (TPSA) is 59.4 Å². The van der Waals surface area contributed by atoms with Gasteiger partial charge in [0.15, 0.2) is 0 Å². The summed E-state index contributed by atoms with van der Waals surface area (Å²) >= 11 is 0. The first kappa shape index (κ1) is 18.9. The molecule has 3 atom stereocenters. The van der Waals surface area contributed by atoms with E-state index in [2.05, 4.69) is 43.0 Å². The molecule has 0 radical (unpaired) electrons. The largest absolute Gasteiger partial charge is 0.373 e. The first-order valence-corrected chi connectivity index (χ1v) is 8.81. The Bertz CT molecular complexity index is 572. The van der Waals surface area contributed by atoms with Crippen LogP contribution in [0.2, 0.25) is 0 Å². The number of carbonyl (C=O) groups excluding carboxylic acids is 1. The van der Waals surface area contributed by atoms with Crippen LogP contribution in [0.5, 0.6) is 0 Å². The van der Waals surface area contributed by atoms with Gasteiger partial charge in [0, 0.05) is 30.9 Å². The number of nitrogens with zero attached hydrogens (tertiary/aromatic N) is 3. The minimum Gasteiger partial charge on any atom is -0.373 e. The zero-order valence-electron chi connectivity index (χ0n) is 16.1. The number of hydrogen-bond donors (Lipinski definition) is 1. The highest BCUT2D eigenvalue weighted by Crippen LogP contribution is 2.21. The molecular formula is C18H32N4O2. The molecule has 3 unspecified atom stereocenters. The summed E-state index contributed by atoms with van der Waals surface area (Å²) in [5.41, 5.74) is 1.82. The predicted octanol–water partition coefficient (Wildman–Crippen LogP) is 2.06. The number of amides is 1. The highest BCUT2D eigenvalue weighted by molar-refractivity contribution is 5.79. The number of ether oxygens (including phenoxy) is 1. The number of aromatic nitrogens is 2. The van der Waals surface area contributed by atoms with Crippen LogP contribution < -0.4 is 5.32 Å². The third-order valence-corrected chi connectivity index (χ3v) is 4.76. The first-order valence-electron chi connectivity index (χ1n) is 8.81. The van der Waals surface area contributed by atoms with Crippen molar-refractivity contribution in [3.63, 3.8) is 0 Å². The molecule has 1 aromatic heterocycles. The lowest BCUT2D eigenvalue weighted by Gasteiger charge is -2.45. The molecule has 1 saturated heterocycles. The molecule has 1 aliphatic rings. The van der Waals surface area contributed by atoms with Crippen LogP contribution in [0.25, 0.3) is 0 Å². The van der Waals surface area contributed by atoms with Crippen LogP contribution in [0.4, 0.5) is 0 Å². The molecule has 6 heteroatoms. The fraction of sp³-hybridized carbons (Fsp3) is 0.778. The summed E-state index contributed by atoms with van der Waals surface area (Å²) in [6.07, 6.45) is 0.440. The summed E-state index contributed by atoms with van der Waals surface area (Å²) in [5, 5.41) is 7.52. The Morgan fingerprint density at radius 2 is 1.96 bits per heavy atom. The second kappa shape index (κ2) is 7.23. The van der Waals surface area contributed by atoms with Crippen molar-refractivity contribution in [3.05, 3.63) is 17.5 Å². The molecule has 6 nitrogen and oxygen atoms in total. The first-order chi connectivity index (χ1) is 11.1. The van der Waals surface area contributed by atoms with Crippen molar-refractivity contribution >= 4 is 5.91 Å². The number of morpholine rings is 1. The van der Waals surface area contributed by atoms with Crippen molar-refractivity contribution in [1.29, 1.82) is 0 Å². The van der Waals surface area contributed by atoms with E-state index in [1.54, 1.807) is 4.68 Å².